The third-order valence-electron chi connectivity index (χ3n) is 3.67. The summed E-state index contributed by atoms with van der Waals surface area (Å²) in [7, 11) is 0. The van der Waals surface area contributed by atoms with Crippen LogP contribution >= 0.6 is 0 Å². The van der Waals surface area contributed by atoms with Gasteiger partial charge in [0.15, 0.2) is 5.78 Å². The number of rotatable bonds is 5. The zero-order chi connectivity index (χ0) is 16.8. The van der Waals surface area contributed by atoms with E-state index in [0.29, 0.717) is 16.9 Å². The van der Waals surface area contributed by atoms with Crippen LogP contribution in [-0.4, -0.2) is 12.4 Å². The second kappa shape index (κ2) is 7.30. The zero-order valence-corrected chi connectivity index (χ0v) is 13.1. The van der Waals surface area contributed by atoms with Crippen LogP contribution in [-0.2, 0) is 0 Å². The maximum absolute atomic E-state index is 12.6. The lowest BCUT2D eigenvalue weighted by atomic mass is 9.99. The van der Waals surface area contributed by atoms with E-state index in [-0.39, 0.29) is 12.4 Å². The number of hydrogen-bond donors (Lipinski definition) is 0. The van der Waals surface area contributed by atoms with E-state index in [1.807, 2.05) is 54.6 Å². The quantitative estimate of drug-likeness (QED) is 0.508. The van der Waals surface area contributed by atoms with Gasteiger partial charge in [0.05, 0.1) is 0 Å². The van der Waals surface area contributed by atoms with Gasteiger partial charge in [-0.2, -0.15) is 0 Å². The molecular formula is C22H16O2. The molecule has 0 aliphatic heterocycles. The van der Waals surface area contributed by atoms with Crippen molar-refractivity contribution in [3.05, 3.63) is 90.0 Å². The number of carbonyl (C=O) groups excluding carboxylic acids is 1. The lowest BCUT2D eigenvalue weighted by Crippen LogP contribution is -2.02. The number of terminal acetylenes is 1. The molecule has 0 radical (unpaired) electrons. The highest BCUT2D eigenvalue weighted by Gasteiger charge is 2.10. The first kappa shape index (κ1) is 15.6. The Balaban J connectivity index is 1.82. The van der Waals surface area contributed by atoms with Crippen molar-refractivity contribution >= 4 is 5.78 Å². The van der Waals surface area contributed by atoms with Crippen molar-refractivity contribution in [3.8, 4) is 29.2 Å². The largest absolute Gasteiger partial charge is 0.481 e. The van der Waals surface area contributed by atoms with E-state index in [1.54, 1.807) is 24.3 Å². The van der Waals surface area contributed by atoms with Crippen molar-refractivity contribution in [1.82, 2.24) is 0 Å². The Kier molecular flexibility index (Phi) is 4.74. The van der Waals surface area contributed by atoms with E-state index in [4.69, 9.17) is 11.2 Å². The van der Waals surface area contributed by atoms with Gasteiger partial charge in [-0.1, -0.05) is 72.7 Å². The van der Waals surface area contributed by atoms with E-state index in [0.717, 1.165) is 11.1 Å². The van der Waals surface area contributed by atoms with Gasteiger partial charge in [0.25, 0.3) is 0 Å². The molecule has 24 heavy (non-hydrogen) atoms. The Labute approximate surface area is 141 Å². The summed E-state index contributed by atoms with van der Waals surface area (Å²) in [6, 6.07) is 24.7. The number of hydrogen-bond acceptors (Lipinski definition) is 2. The molecule has 2 heteroatoms. The van der Waals surface area contributed by atoms with Crippen LogP contribution in [0.2, 0.25) is 0 Å². The molecule has 0 N–H and O–H groups in total. The van der Waals surface area contributed by atoms with Crippen LogP contribution in [0.15, 0.2) is 78.9 Å². The molecule has 116 valence electrons. The van der Waals surface area contributed by atoms with Gasteiger partial charge >= 0.3 is 0 Å². The second-order valence-electron chi connectivity index (χ2n) is 5.29. The van der Waals surface area contributed by atoms with Gasteiger partial charge in [-0.05, 0) is 23.3 Å². The second-order valence-corrected chi connectivity index (χ2v) is 5.29. The molecule has 0 heterocycles. The third kappa shape index (κ3) is 3.53. The van der Waals surface area contributed by atoms with E-state index < -0.39 is 0 Å². The fraction of sp³-hybridized carbons (Fsp3) is 0.0455. The minimum atomic E-state index is -0.0410. The highest BCUT2D eigenvalue weighted by molar-refractivity contribution is 6.09. The van der Waals surface area contributed by atoms with Crippen LogP contribution in [0.25, 0.3) is 11.1 Å². The molecule has 3 rings (SSSR count). The van der Waals surface area contributed by atoms with Gasteiger partial charge in [-0.25, -0.2) is 0 Å². The van der Waals surface area contributed by atoms with E-state index in [9.17, 15) is 4.79 Å². The first-order chi connectivity index (χ1) is 11.8. The lowest BCUT2D eigenvalue weighted by Gasteiger charge is -2.06. The molecule has 0 aliphatic rings. The number of ketones is 1. The highest BCUT2D eigenvalue weighted by atomic mass is 16.5. The summed E-state index contributed by atoms with van der Waals surface area (Å²) in [6.45, 7) is 0.184. The lowest BCUT2D eigenvalue weighted by molar-refractivity contribution is 0.103. The molecular weight excluding hydrogens is 296 g/mol. The van der Waals surface area contributed by atoms with E-state index in [2.05, 4.69) is 5.92 Å². The molecule has 0 saturated carbocycles. The van der Waals surface area contributed by atoms with Gasteiger partial charge < -0.3 is 4.74 Å². The molecule has 0 atom stereocenters. The minimum absolute atomic E-state index is 0.0410. The average Bonchev–Trinajstić information content (AvgIpc) is 2.67. The molecule has 3 aromatic rings. The maximum atomic E-state index is 12.6. The molecule has 0 amide bonds. The van der Waals surface area contributed by atoms with Crippen LogP contribution < -0.4 is 4.74 Å². The Bertz CT molecular complexity index is 872. The SMILES string of the molecule is C#CCOc1cccc(C(=O)c2ccc(-c3ccccc3)cc2)c1. The molecule has 2 nitrogen and oxygen atoms in total. The Hall–Kier alpha value is -3.31. The molecule has 0 spiro atoms. The standard InChI is InChI=1S/C22H16O2/c1-2-15-24-21-10-6-9-20(16-21)22(23)19-13-11-18(12-14-19)17-7-4-3-5-8-17/h1,3-14,16H,15H2. The summed E-state index contributed by atoms with van der Waals surface area (Å²) in [5.41, 5.74) is 3.43. The summed E-state index contributed by atoms with van der Waals surface area (Å²) >= 11 is 0. The van der Waals surface area contributed by atoms with Gasteiger partial charge in [-0.15, -0.1) is 6.42 Å². The Morgan fingerprint density at radius 3 is 2.25 bits per heavy atom. The summed E-state index contributed by atoms with van der Waals surface area (Å²) in [4.78, 5) is 12.6. The molecule has 0 aromatic heterocycles. The predicted octanol–water partition coefficient (Wildman–Crippen LogP) is 4.60. The summed E-state index contributed by atoms with van der Waals surface area (Å²) in [6.07, 6.45) is 5.19. The first-order valence-corrected chi connectivity index (χ1v) is 7.64. The molecule has 0 aliphatic carbocycles. The number of benzene rings is 3. The van der Waals surface area contributed by atoms with E-state index in [1.165, 1.54) is 0 Å². The molecule has 0 saturated heterocycles. The minimum Gasteiger partial charge on any atom is -0.481 e. The van der Waals surface area contributed by atoms with Crippen LogP contribution in [0.4, 0.5) is 0 Å². The topological polar surface area (TPSA) is 26.3 Å². The summed E-state index contributed by atoms with van der Waals surface area (Å²) in [5.74, 6) is 2.97. The first-order valence-electron chi connectivity index (χ1n) is 7.64. The Morgan fingerprint density at radius 1 is 0.833 bits per heavy atom. The molecule has 0 fully saturated rings. The fourth-order valence-electron chi connectivity index (χ4n) is 2.46. The molecule has 0 bridgehead atoms. The monoisotopic (exact) mass is 312 g/mol. The van der Waals surface area contributed by atoms with Gasteiger partial charge in [0.2, 0.25) is 0 Å². The van der Waals surface area contributed by atoms with Crippen molar-refractivity contribution in [2.75, 3.05) is 6.61 Å². The molecule has 3 aromatic carbocycles. The van der Waals surface area contributed by atoms with Crippen molar-refractivity contribution in [2.45, 2.75) is 0 Å². The van der Waals surface area contributed by atoms with Crippen molar-refractivity contribution in [1.29, 1.82) is 0 Å². The van der Waals surface area contributed by atoms with Gasteiger partial charge in [0.1, 0.15) is 12.4 Å². The molecule has 0 unspecified atom stereocenters. The van der Waals surface area contributed by atoms with Gasteiger partial charge in [-0.3, -0.25) is 4.79 Å². The predicted molar refractivity (Wildman–Crippen MR) is 96.1 cm³/mol. The van der Waals surface area contributed by atoms with Crippen molar-refractivity contribution < 1.29 is 9.53 Å². The van der Waals surface area contributed by atoms with Crippen LogP contribution in [0.1, 0.15) is 15.9 Å². The van der Waals surface area contributed by atoms with Gasteiger partial charge in [0, 0.05) is 11.1 Å². The summed E-state index contributed by atoms with van der Waals surface area (Å²) < 4.78 is 5.37. The smallest absolute Gasteiger partial charge is 0.193 e. The van der Waals surface area contributed by atoms with E-state index >= 15 is 0 Å². The maximum Gasteiger partial charge on any atom is 0.193 e. The van der Waals surface area contributed by atoms with Crippen LogP contribution in [0.3, 0.4) is 0 Å². The number of ether oxygens (including phenoxy) is 1. The van der Waals surface area contributed by atoms with Crippen molar-refractivity contribution in [3.63, 3.8) is 0 Å². The van der Waals surface area contributed by atoms with Crippen LogP contribution in [0, 0.1) is 12.3 Å². The van der Waals surface area contributed by atoms with Crippen LogP contribution in [0.5, 0.6) is 5.75 Å². The highest BCUT2D eigenvalue weighted by Crippen LogP contribution is 2.21. The zero-order valence-electron chi connectivity index (χ0n) is 13.1. The fourth-order valence-corrected chi connectivity index (χ4v) is 2.46. The normalized spacial score (nSPS) is 9.96. The Morgan fingerprint density at radius 2 is 1.54 bits per heavy atom. The third-order valence-corrected chi connectivity index (χ3v) is 3.67. The van der Waals surface area contributed by atoms with Crippen molar-refractivity contribution in [2.24, 2.45) is 0 Å². The average molecular weight is 312 g/mol. The summed E-state index contributed by atoms with van der Waals surface area (Å²) in [5, 5.41) is 0. The number of carbonyl (C=O) groups is 1.